The molecule has 1 heterocycles. The van der Waals surface area contributed by atoms with E-state index in [0.717, 1.165) is 32.0 Å². The number of fused-ring (bicyclic) bond motifs is 1. The first kappa shape index (κ1) is 28.4. The van der Waals surface area contributed by atoms with Gasteiger partial charge < -0.3 is 29.4 Å². The van der Waals surface area contributed by atoms with Gasteiger partial charge in [-0.1, -0.05) is 12.1 Å². The topological polar surface area (TPSA) is 111 Å². The van der Waals surface area contributed by atoms with Crippen LogP contribution in [0.5, 0.6) is 5.75 Å². The van der Waals surface area contributed by atoms with Crippen molar-refractivity contribution in [3.05, 3.63) is 46.5 Å². The van der Waals surface area contributed by atoms with Gasteiger partial charge in [-0.3, -0.25) is 5.32 Å². The van der Waals surface area contributed by atoms with Gasteiger partial charge in [0.25, 0.3) is 0 Å². The summed E-state index contributed by atoms with van der Waals surface area (Å²) in [5.74, 6) is 0.474. The summed E-state index contributed by atoms with van der Waals surface area (Å²) in [6, 6.07) is 9.63. The Hall–Kier alpha value is -3.18. The molecule has 0 aliphatic carbocycles. The number of thiazole rings is 1. The van der Waals surface area contributed by atoms with Gasteiger partial charge in [0.2, 0.25) is 0 Å². The number of aliphatic hydroxyl groups is 1. The van der Waals surface area contributed by atoms with Gasteiger partial charge in [0.05, 0.1) is 35.7 Å². The van der Waals surface area contributed by atoms with Crippen molar-refractivity contribution in [1.29, 1.82) is 0 Å². The minimum absolute atomic E-state index is 0.0233. The molecule has 3 rings (SSSR count). The maximum atomic E-state index is 12.3. The normalized spacial score (nSPS) is 11.7. The molecule has 0 radical (unpaired) electrons. The summed E-state index contributed by atoms with van der Waals surface area (Å²) in [5, 5.41) is 15.8. The second-order valence-corrected chi connectivity index (χ2v) is 10.3. The van der Waals surface area contributed by atoms with Gasteiger partial charge in [-0.25, -0.2) is 9.78 Å². The van der Waals surface area contributed by atoms with Gasteiger partial charge in [0, 0.05) is 19.3 Å². The Labute approximate surface area is 221 Å². The van der Waals surface area contributed by atoms with E-state index in [9.17, 15) is 4.79 Å². The first-order valence-corrected chi connectivity index (χ1v) is 12.8. The van der Waals surface area contributed by atoms with Crippen LogP contribution in [0.15, 0.2) is 30.3 Å². The van der Waals surface area contributed by atoms with Gasteiger partial charge in [-0.2, -0.15) is 0 Å². The number of ether oxygens (including phenoxy) is 4. The molecule has 1 aromatic heterocycles. The third-order valence-electron chi connectivity index (χ3n) is 4.94. The molecule has 200 valence electrons. The first-order chi connectivity index (χ1) is 17.7. The number of nitrogens with one attached hydrogen (secondary N) is 2. The Bertz CT molecular complexity index is 1220. The van der Waals surface area contributed by atoms with Crippen molar-refractivity contribution in [1.82, 2.24) is 4.98 Å². The second kappa shape index (κ2) is 13.4. The monoisotopic (exact) mass is 529 g/mol. The molecule has 0 unspecified atom stereocenters. The number of benzene rings is 2. The van der Waals surface area contributed by atoms with Crippen molar-refractivity contribution in [3.63, 3.8) is 0 Å². The number of hydrogen-bond donors (Lipinski definition) is 3. The number of hydrogen-bond acceptors (Lipinski definition) is 9. The van der Waals surface area contributed by atoms with Gasteiger partial charge in [-0.05, 0) is 69.2 Å². The molecule has 0 aliphatic rings. The SMILES string of the molecule is COCOc1ccc(/C=C/c2nc3cc(C)c(NCCOCCO)cc3s2)cc1NC(=O)OC(C)(C)C. The summed E-state index contributed by atoms with van der Waals surface area (Å²) in [7, 11) is 1.53. The van der Waals surface area contributed by atoms with Crippen LogP contribution >= 0.6 is 11.3 Å². The number of aromatic nitrogens is 1. The largest absolute Gasteiger partial charge is 0.465 e. The summed E-state index contributed by atoms with van der Waals surface area (Å²) < 4.78 is 22.4. The van der Waals surface area contributed by atoms with Gasteiger partial charge >= 0.3 is 6.09 Å². The molecule has 1 amide bonds. The molecule has 0 saturated heterocycles. The molecule has 37 heavy (non-hydrogen) atoms. The van der Waals surface area contributed by atoms with Crippen LogP contribution in [0.3, 0.4) is 0 Å². The van der Waals surface area contributed by atoms with Gasteiger partial charge in [-0.15, -0.1) is 11.3 Å². The van der Waals surface area contributed by atoms with Crippen molar-refractivity contribution < 1.29 is 28.8 Å². The standard InChI is InChI=1S/C27H35N3O6S/c1-18-14-22-24(16-20(18)28-10-12-34-13-11-31)37-25(29-22)9-7-19-6-8-23(35-17-33-5)21(15-19)30-26(32)36-27(2,3)4/h6-9,14-16,28,31H,10-13,17H2,1-5H3,(H,30,32)/b9-7+. The van der Waals surface area contributed by atoms with E-state index in [1.165, 1.54) is 7.11 Å². The van der Waals surface area contributed by atoms with Crippen molar-refractivity contribution in [2.24, 2.45) is 0 Å². The molecular formula is C27H35N3O6S. The molecule has 0 bridgehead atoms. The minimum atomic E-state index is -0.622. The fraction of sp³-hybridized carbons (Fsp3) is 0.407. The molecule has 2 aromatic carbocycles. The average Bonchev–Trinajstić information content (AvgIpc) is 3.22. The lowest BCUT2D eigenvalue weighted by atomic mass is 10.1. The van der Waals surface area contributed by atoms with E-state index in [0.29, 0.717) is 31.2 Å². The molecule has 0 aliphatic heterocycles. The Balaban J connectivity index is 1.75. The minimum Gasteiger partial charge on any atom is -0.465 e. The smallest absolute Gasteiger partial charge is 0.412 e. The number of methoxy groups -OCH3 is 1. The van der Waals surface area contributed by atoms with E-state index in [-0.39, 0.29) is 13.4 Å². The van der Waals surface area contributed by atoms with Gasteiger partial charge in [0.15, 0.2) is 6.79 Å². The zero-order chi connectivity index (χ0) is 26.8. The van der Waals surface area contributed by atoms with Gasteiger partial charge in [0.1, 0.15) is 16.4 Å². The number of carbonyl (C=O) groups excluding carboxylic acids is 1. The highest BCUT2D eigenvalue weighted by molar-refractivity contribution is 7.19. The lowest BCUT2D eigenvalue weighted by molar-refractivity contribution is 0.0509. The predicted octanol–water partition coefficient (Wildman–Crippen LogP) is 5.53. The number of aliphatic hydroxyl groups excluding tert-OH is 1. The van der Waals surface area contributed by atoms with Crippen molar-refractivity contribution in [2.45, 2.75) is 33.3 Å². The van der Waals surface area contributed by atoms with E-state index in [4.69, 9.17) is 29.0 Å². The molecule has 0 fully saturated rings. The molecule has 0 saturated carbocycles. The highest BCUT2D eigenvalue weighted by Crippen LogP contribution is 2.31. The molecule has 10 heteroatoms. The van der Waals surface area contributed by atoms with Crippen LogP contribution in [0.1, 0.15) is 36.9 Å². The van der Waals surface area contributed by atoms with E-state index in [1.807, 2.05) is 31.2 Å². The van der Waals surface area contributed by atoms with Crippen LogP contribution in [0.25, 0.3) is 22.4 Å². The van der Waals surface area contributed by atoms with E-state index >= 15 is 0 Å². The van der Waals surface area contributed by atoms with Crippen LogP contribution in [0.4, 0.5) is 16.2 Å². The third kappa shape index (κ3) is 9.01. The molecule has 3 aromatic rings. The summed E-state index contributed by atoms with van der Waals surface area (Å²) in [6.45, 7) is 9.05. The van der Waals surface area contributed by atoms with E-state index in [2.05, 4.69) is 22.8 Å². The predicted molar refractivity (Wildman–Crippen MR) is 148 cm³/mol. The van der Waals surface area contributed by atoms with Crippen LogP contribution in [0, 0.1) is 6.92 Å². The molecular weight excluding hydrogens is 494 g/mol. The summed E-state index contributed by atoms with van der Waals surface area (Å²) in [5.41, 5.74) is 3.77. The van der Waals surface area contributed by atoms with Crippen LogP contribution in [-0.2, 0) is 14.2 Å². The highest BCUT2D eigenvalue weighted by Gasteiger charge is 2.18. The molecule has 9 nitrogen and oxygen atoms in total. The number of carbonyl (C=O) groups is 1. The van der Waals surface area contributed by atoms with E-state index < -0.39 is 11.7 Å². The highest BCUT2D eigenvalue weighted by atomic mass is 32.1. The van der Waals surface area contributed by atoms with Crippen LogP contribution in [-0.4, -0.2) is 62.1 Å². The fourth-order valence-electron chi connectivity index (χ4n) is 3.36. The second-order valence-electron chi connectivity index (χ2n) is 9.22. The summed E-state index contributed by atoms with van der Waals surface area (Å²) in [4.78, 5) is 17.1. The maximum absolute atomic E-state index is 12.3. The molecule has 0 spiro atoms. The summed E-state index contributed by atoms with van der Waals surface area (Å²) >= 11 is 1.59. The number of rotatable bonds is 12. The number of amides is 1. The lowest BCUT2D eigenvalue weighted by Gasteiger charge is -2.20. The van der Waals surface area contributed by atoms with Crippen LogP contribution in [0.2, 0.25) is 0 Å². The quantitative estimate of drug-likeness (QED) is 0.208. The lowest BCUT2D eigenvalue weighted by Crippen LogP contribution is -2.27. The number of nitrogens with zero attached hydrogens (tertiary/aromatic N) is 1. The Morgan fingerprint density at radius 3 is 2.68 bits per heavy atom. The molecule has 0 atom stereocenters. The molecule has 3 N–H and O–H groups in total. The Morgan fingerprint density at radius 1 is 1.14 bits per heavy atom. The number of aryl methyl sites for hydroxylation is 1. The zero-order valence-electron chi connectivity index (χ0n) is 21.9. The first-order valence-electron chi connectivity index (χ1n) is 12.0. The van der Waals surface area contributed by atoms with Crippen molar-refractivity contribution >= 4 is 51.2 Å². The average molecular weight is 530 g/mol. The zero-order valence-corrected chi connectivity index (χ0v) is 22.7. The summed E-state index contributed by atoms with van der Waals surface area (Å²) in [6.07, 6.45) is 3.31. The Morgan fingerprint density at radius 2 is 1.95 bits per heavy atom. The third-order valence-corrected chi connectivity index (χ3v) is 5.92. The van der Waals surface area contributed by atoms with Crippen molar-refractivity contribution in [3.8, 4) is 5.75 Å². The maximum Gasteiger partial charge on any atom is 0.412 e. The Kier molecular flexibility index (Phi) is 10.3. The van der Waals surface area contributed by atoms with E-state index in [1.54, 1.807) is 38.2 Å². The fourth-order valence-corrected chi connectivity index (χ4v) is 4.25. The van der Waals surface area contributed by atoms with Crippen molar-refractivity contribution in [2.75, 3.05) is 50.9 Å². The number of anilines is 2. The van der Waals surface area contributed by atoms with Crippen LogP contribution < -0.4 is 15.4 Å².